The Morgan fingerprint density at radius 3 is 2.60 bits per heavy atom. The zero-order valence-electron chi connectivity index (χ0n) is 19.9. The van der Waals surface area contributed by atoms with E-state index in [-0.39, 0.29) is 29.3 Å². The number of nitrogens with one attached hydrogen (secondary N) is 1. The lowest BCUT2D eigenvalue weighted by Crippen LogP contribution is -2.43. The summed E-state index contributed by atoms with van der Waals surface area (Å²) in [5.41, 5.74) is 2.49. The number of sulfonamides is 1. The molecule has 0 saturated carbocycles. The number of carbonyl (C=O) groups excluding carboxylic acids is 2. The highest BCUT2D eigenvalue weighted by Crippen LogP contribution is 2.38. The van der Waals surface area contributed by atoms with Crippen molar-refractivity contribution in [3.63, 3.8) is 0 Å². The summed E-state index contributed by atoms with van der Waals surface area (Å²) in [5.74, 6) is -0.527. The molecule has 2 aromatic carbocycles. The molecule has 1 N–H and O–H groups in total. The first-order valence-electron chi connectivity index (χ1n) is 12.2. The van der Waals surface area contributed by atoms with E-state index >= 15 is 0 Å². The van der Waals surface area contributed by atoms with Crippen molar-refractivity contribution in [1.29, 1.82) is 0 Å². The highest BCUT2D eigenvalue weighted by Gasteiger charge is 2.43. The zero-order chi connectivity index (χ0) is 24.6. The zero-order valence-corrected chi connectivity index (χ0v) is 20.7. The molecule has 8 nitrogen and oxygen atoms in total. The van der Waals surface area contributed by atoms with Crippen LogP contribution in [0, 0.1) is 6.92 Å². The van der Waals surface area contributed by atoms with Crippen LogP contribution in [-0.4, -0.2) is 61.8 Å². The standard InChI is InChI=1S/C26H31N3O5S/c1-18-8-7-10-21-23(18)26(31)29(24(21)25(30)27-20-12-15-34-17-20)16-19-9-3-4-11-22(19)35(32,33)28-13-5-2-6-14-28/h3-4,7-11,20,24H,2,5-6,12-17H2,1H3,(H,27,30). The third kappa shape index (κ3) is 4.48. The largest absolute Gasteiger partial charge is 0.379 e. The van der Waals surface area contributed by atoms with Crippen molar-refractivity contribution in [3.05, 3.63) is 64.7 Å². The number of piperidine rings is 1. The normalized spacial score (nSPS) is 22.9. The van der Waals surface area contributed by atoms with Gasteiger partial charge in [-0.05, 0) is 48.9 Å². The van der Waals surface area contributed by atoms with Crippen LogP contribution in [0.25, 0.3) is 0 Å². The monoisotopic (exact) mass is 497 g/mol. The van der Waals surface area contributed by atoms with E-state index in [0.29, 0.717) is 43.0 Å². The minimum Gasteiger partial charge on any atom is -0.379 e. The quantitative estimate of drug-likeness (QED) is 0.662. The fourth-order valence-electron chi connectivity index (χ4n) is 5.33. The third-order valence-electron chi connectivity index (χ3n) is 7.16. The van der Waals surface area contributed by atoms with Crippen LogP contribution in [0.1, 0.15) is 58.8 Å². The van der Waals surface area contributed by atoms with Gasteiger partial charge in [-0.3, -0.25) is 9.59 Å². The van der Waals surface area contributed by atoms with Crippen molar-refractivity contribution in [2.24, 2.45) is 0 Å². The third-order valence-corrected chi connectivity index (χ3v) is 9.16. The minimum atomic E-state index is -3.71. The molecule has 3 aliphatic rings. The van der Waals surface area contributed by atoms with Gasteiger partial charge in [0.25, 0.3) is 5.91 Å². The predicted octanol–water partition coefficient (Wildman–Crippen LogP) is 2.77. The van der Waals surface area contributed by atoms with E-state index in [9.17, 15) is 18.0 Å². The predicted molar refractivity (Wildman–Crippen MR) is 130 cm³/mol. The number of hydrogen-bond donors (Lipinski definition) is 1. The molecule has 3 heterocycles. The lowest BCUT2D eigenvalue weighted by atomic mass is 9.99. The van der Waals surface area contributed by atoms with Crippen LogP contribution in [0.3, 0.4) is 0 Å². The molecule has 2 amide bonds. The van der Waals surface area contributed by atoms with E-state index in [1.165, 1.54) is 9.21 Å². The number of fused-ring (bicyclic) bond motifs is 1. The molecule has 35 heavy (non-hydrogen) atoms. The SMILES string of the molecule is Cc1cccc2c1C(=O)N(Cc1ccccc1S(=O)(=O)N1CCCCC1)C2C(=O)NC1CCOC1. The van der Waals surface area contributed by atoms with Gasteiger partial charge < -0.3 is 15.0 Å². The van der Waals surface area contributed by atoms with Crippen LogP contribution in [0.5, 0.6) is 0 Å². The topological polar surface area (TPSA) is 96.0 Å². The van der Waals surface area contributed by atoms with Gasteiger partial charge in [-0.2, -0.15) is 4.31 Å². The Labute approximate surface area is 206 Å². The van der Waals surface area contributed by atoms with Crippen molar-refractivity contribution in [2.75, 3.05) is 26.3 Å². The molecule has 0 aromatic heterocycles. The Morgan fingerprint density at radius 1 is 1.09 bits per heavy atom. The maximum atomic E-state index is 13.6. The average Bonchev–Trinajstić information content (AvgIpc) is 3.46. The van der Waals surface area contributed by atoms with Gasteiger partial charge >= 0.3 is 0 Å². The number of benzene rings is 2. The van der Waals surface area contributed by atoms with E-state index in [0.717, 1.165) is 31.2 Å². The van der Waals surface area contributed by atoms with Crippen molar-refractivity contribution < 1.29 is 22.7 Å². The first kappa shape index (κ1) is 24.0. The maximum absolute atomic E-state index is 13.6. The van der Waals surface area contributed by atoms with Gasteiger partial charge in [0.2, 0.25) is 15.9 Å². The van der Waals surface area contributed by atoms with Gasteiger partial charge in [0.15, 0.2) is 0 Å². The van der Waals surface area contributed by atoms with Crippen LogP contribution in [-0.2, 0) is 26.1 Å². The molecule has 0 aliphatic carbocycles. The summed E-state index contributed by atoms with van der Waals surface area (Å²) >= 11 is 0. The molecule has 2 atom stereocenters. The summed E-state index contributed by atoms with van der Waals surface area (Å²) in [6.07, 6.45) is 3.43. The van der Waals surface area contributed by atoms with Crippen molar-refractivity contribution in [2.45, 2.75) is 56.1 Å². The highest BCUT2D eigenvalue weighted by atomic mass is 32.2. The summed E-state index contributed by atoms with van der Waals surface area (Å²) < 4.78 is 34.0. The van der Waals surface area contributed by atoms with Gasteiger partial charge in [-0.15, -0.1) is 0 Å². The number of amides is 2. The second kappa shape index (κ2) is 9.72. The number of rotatable bonds is 6. The van der Waals surface area contributed by atoms with E-state index in [1.807, 2.05) is 25.1 Å². The maximum Gasteiger partial charge on any atom is 0.255 e. The Kier molecular flexibility index (Phi) is 6.65. The smallest absolute Gasteiger partial charge is 0.255 e. The highest BCUT2D eigenvalue weighted by molar-refractivity contribution is 7.89. The van der Waals surface area contributed by atoms with Gasteiger partial charge in [-0.25, -0.2) is 8.42 Å². The molecule has 0 bridgehead atoms. The van der Waals surface area contributed by atoms with E-state index in [4.69, 9.17) is 4.74 Å². The lowest BCUT2D eigenvalue weighted by molar-refractivity contribution is -0.126. The Morgan fingerprint density at radius 2 is 1.86 bits per heavy atom. The summed E-state index contributed by atoms with van der Waals surface area (Å²) in [5, 5.41) is 3.03. The Bertz CT molecular complexity index is 1230. The van der Waals surface area contributed by atoms with Crippen LogP contribution in [0.4, 0.5) is 0 Å². The number of carbonyl (C=O) groups is 2. The summed E-state index contributed by atoms with van der Waals surface area (Å²) in [7, 11) is -3.71. The molecule has 186 valence electrons. The Hall–Kier alpha value is -2.75. The molecule has 0 spiro atoms. The van der Waals surface area contributed by atoms with Crippen LogP contribution in [0.15, 0.2) is 47.4 Å². The summed E-state index contributed by atoms with van der Waals surface area (Å²) in [6, 6.07) is 11.4. The van der Waals surface area contributed by atoms with Gasteiger partial charge in [-0.1, -0.05) is 42.8 Å². The first-order valence-corrected chi connectivity index (χ1v) is 13.7. The molecule has 0 radical (unpaired) electrons. The van der Waals surface area contributed by atoms with Crippen LogP contribution in [0.2, 0.25) is 0 Å². The second-order valence-electron chi connectivity index (χ2n) is 9.52. The average molecular weight is 498 g/mol. The number of nitrogens with zero attached hydrogens (tertiary/aromatic N) is 2. The van der Waals surface area contributed by atoms with Gasteiger partial charge in [0.05, 0.1) is 17.5 Å². The van der Waals surface area contributed by atoms with E-state index in [1.54, 1.807) is 24.3 Å². The Balaban J connectivity index is 1.50. The van der Waals surface area contributed by atoms with Gasteiger partial charge in [0.1, 0.15) is 6.04 Å². The molecular formula is C26H31N3O5S. The number of aryl methyl sites for hydroxylation is 1. The van der Waals surface area contributed by atoms with Crippen LogP contribution >= 0.6 is 0 Å². The molecule has 9 heteroatoms. The molecule has 5 rings (SSSR count). The number of ether oxygens (including phenoxy) is 1. The van der Waals surface area contributed by atoms with E-state index < -0.39 is 16.1 Å². The minimum absolute atomic E-state index is 0.0233. The van der Waals surface area contributed by atoms with Crippen molar-refractivity contribution in [3.8, 4) is 0 Å². The van der Waals surface area contributed by atoms with E-state index in [2.05, 4.69) is 5.32 Å². The summed E-state index contributed by atoms with van der Waals surface area (Å²) in [4.78, 5) is 28.8. The summed E-state index contributed by atoms with van der Waals surface area (Å²) in [6.45, 7) is 3.92. The molecule has 2 fully saturated rings. The van der Waals surface area contributed by atoms with Crippen LogP contribution < -0.4 is 5.32 Å². The lowest BCUT2D eigenvalue weighted by Gasteiger charge is -2.29. The molecular weight excluding hydrogens is 466 g/mol. The molecule has 2 saturated heterocycles. The molecule has 2 aromatic rings. The van der Waals surface area contributed by atoms with Crippen molar-refractivity contribution >= 4 is 21.8 Å². The van der Waals surface area contributed by atoms with Crippen molar-refractivity contribution in [1.82, 2.24) is 14.5 Å². The number of hydrogen-bond acceptors (Lipinski definition) is 5. The fourth-order valence-corrected chi connectivity index (χ4v) is 7.06. The first-order chi connectivity index (χ1) is 16.9. The molecule has 2 unspecified atom stereocenters. The van der Waals surface area contributed by atoms with Gasteiger partial charge in [0, 0.05) is 31.8 Å². The second-order valence-corrected chi connectivity index (χ2v) is 11.4. The fraction of sp³-hybridized carbons (Fsp3) is 0.462. The molecule has 3 aliphatic heterocycles.